The number of aromatic carboxylic acids is 1. The number of hydrogen-bond donors (Lipinski definition) is 1. The summed E-state index contributed by atoms with van der Waals surface area (Å²) in [5.41, 5.74) is 0.480. The van der Waals surface area contributed by atoms with Crippen LogP contribution in [-0.4, -0.2) is 20.6 Å². The minimum Gasteiger partial charge on any atom is -0.477 e. The number of aryl methyl sites for hydroxylation is 1. The van der Waals surface area contributed by atoms with Gasteiger partial charge in [0.15, 0.2) is 0 Å². The van der Waals surface area contributed by atoms with Crippen molar-refractivity contribution in [3.8, 4) is 0 Å². The molecule has 0 bridgehead atoms. The molecule has 2 aromatic heterocycles. The predicted molar refractivity (Wildman–Crippen MR) is 67.9 cm³/mol. The highest BCUT2D eigenvalue weighted by Gasteiger charge is 2.14. The zero-order valence-electron chi connectivity index (χ0n) is 9.88. The van der Waals surface area contributed by atoms with Gasteiger partial charge in [-0.2, -0.15) is 0 Å². The topological polar surface area (TPSA) is 72.2 Å². The number of allylic oxidation sites excluding steroid dienone is 1. The number of carbonyl (C=O) groups is 1. The van der Waals surface area contributed by atoms with Crippen molar-refractivity contribution in [2.45, 2.75) is 13.5 Å². The predicted octanol–water partition coefficient (Wildman–Crippen LogP) is 1.59. The Balaban J connectivity index is 2.91. The molecule has 0 aliphatic heterocycles. The van der Waals surface area contributed by atoms with Gasteiger partial charge in [-0.25, -0.2) is 9.78 Å². The van der Waals surface area contributed by atoms with Gasteiger partial charge in [-0.05, 0) is 19.1 Å². The van der Waals surface area contributed by atoms with Gasteiger partial charge in [0.05, 0.1) is 5.39 Å². The van der Waals surface area contributed by atoms with Crippen LogP contribution in [0.2, 0.25) is 0 Å². The fourth-order valence-electron chi connectivity index (χ4n) is 1.79. The van der Waals surface area contributed by atoms with E-state index in [4.69, 9.17) is 5.11 Å². The minimum absolute atomic E-state index is 0.255. The summed E-state index contributed by atoms with van der Waals surface area (Å²) in [6, 6.07) is 3.29. The van der Waals surface area contributed by atoms with Gasteiger partial charge in [-0.3, -0.25) is 4.79 Å². The molecule has 2 aromatic rings. The van der Waals surface area contributed by atoms with E-state index in [2.05, 4.69) is 11.6 Å². The number of fused-ring (bicyclic) bond motifs is 1. The molecule has 2 heterocycles. The fourth-order valence-corrected chi connectivity index (χ4v) is 1.79. The van der Waals surface area contributed by atoms with Crippen LogP contribution in [0.25, 0.3) is 11.0 Å². The maximum atomic E-state index is 12.0. The second kappa shape index (κ2) is 4.44. The van der Waals surface area contributed by atoms with Crippen molar-refractivity contribution in [2.24, 2.45) is 0 Å². The molecule has 5 nitrogen and oxygen atoms in total. The molecule has 1 N–H and O–H groups in total. The fraction of sp³-hybridized carbons (Fsp3) is 0.154. The standard InChI is InChI=1S/C13H12N2O3/c1-3-6-15-7-10(13(17)18)11(16)9-5-4-8(2)14-12(9)15/h3-5,7H,1,6H2,2H3,(H,17,18). The molecule has 2 rings (SSSR count). The van der Waals surface area contributed by atoms with Crippen molar-refractivity contribution in [2.75, 3.05) is 0 Å². The molecule has 0 fully saturated rings. The number of pyridine rings is 2. The van der Waals surface area contributed by atoms with Gasteiger partial charge in [0.1, 0.15) is 11.2 Å². The second-order valence-electron chi connectivity index (χ2n) is 3.94. The number of nitrogens with zero attached hydrogens (tertiary/aromatic N) is 2. The number of aromatic nitrogens is 2. The highest BCUT2D eigenvalue weighted by Crippen LogP contribution is 2.11. The van der Waals surface area contributed by atoms with E-state index in [0.717, 1.165) is 5.69 Å². The van der Waals surface area contributed by atoms with Crippen molar-refractivity contribution < 1.29 is 9.90 Å². The SMILES string of the molecule is C=CCn1cc(C(=O)O)c(=O)c2ccc(C)nc21. The van der Waals surface area contributed by atoms with Gasteiger partial charge in [0.2, 0.25) is 5.43 Å². The normalized spacial score (nSPS) is 10.5. The zero-order valence-corrected chi connectivity index (χ0v) is 9.88. The van der Waals surface area contributed by atoms with Crippen LogP contribution in [0.15, 0.2) is 35.8 Å². The van der Waals surface area contributed by atoms with Gasteiger partial charge in [0.25, 0.3) is 0 Å². The van der Waals surface area contributed by atoms with Crippen LogP contribution >= 0.6 is 0 Å². The Hall–Kier alpha value is -2.43. The number of carboxylic acids is 1. The quantitative estimate of drug-likeness (QED) is 0.832. The van der Waals surface area contributed by atoms with Crippen molar-refractivity contribution in [3.05, 3.63) is 52.5 Å². The Morgan fingerprint density at radius 1 is 1.56 bits per heavy atom. The number of rotatable bonds is 3. The lowest BCUT2D eigenvalue weighted by molar-refractivity contribution is 0.0695. The molecular formula is C13H12N2O3. The second-order valence-corrected chi connectivity index (χ2v) is 3.94. The summed E-state index contributed by atoms with van der Waals surface area (Å²) in [4.78, 5) is 27.3. The first-order chi connectivity index (χ1) is 8.54. The van der Waals surface area contributed by atoms with Gasteiger partial charge >= 0.3 is 5.97 Å². The zero-order chi connectivity index (χ0) is 13.3. The largest absolute Gasteiger partial charge is 0.477 e. The van der Waals surface area contributed by atoms with Crippen LogP contribution in [-0.2, 0) is 6.54 Å². The van der Waals surface area contributed by atoms with E-state index < -0.39 is 11.4 Å². The Kier molecular flexibility index (Phi) is 2.97. The first-order valence-electron chi connectivity index (χ1n) is 5.39. The lowest BCUT2D eigenvalue weighted by Crippen LogP contribution is -2.19. The van der Waals surface area contributed by atoms with Crippen molar-refractivity contribution in [1.82, 2.24) is 9.55 Å². The highest BCUT2D eigenvalue weighted by atomic mass is 16.4. The third kappa shape index (κ3) is 1.90. The minimum atomic E-state index is -1.24. The number of hydrogen-bond acceptors (Lipinski definition) is 3. The van der Waals surface area contributed by atoms with Crippen molar-refractivity contribution >= 4 is 17.0 Å². The molecule has 0 aliphatic carbocycles. The molecule has 5 heteroatoms. The molecule has 0 radical (unpaired) electrons. The van der Waals surface area contributed by atoms with Gasteiger partial charge in [-0.15, -0.1) is 6.58 Å². The molecule has 0 spiro atoms. The maximum Gasteiger partial charge on any atom is 0.341 e. The van der Waals surface area contributed by atoms with Crippen LogP contribution < -0.4 is 5.43 Å². The molecule has 0 aromatic carbocycles. The van der Waals surface area contributed by atoms with Crippen LogP contribution in [0.3, 0.4) is 0 Å². The summed E-state index contributed by atoms with van der Waals surface area (Å²) < 4.78 is 1.61. The molecular weight excluding hydrogens is 232 g/mol. The van der Waals surface area contributed by atoms with E-state index in [0.29, 0.717) is 17.6 Å². The first kappa shape index (κ1) is 12.0. The van der Waals surface area contributed by atoms with E-state index in [-0.39, 0.29) is 5.56 Å². The van der Waals surface area contributed by atoms with Gasteiger partial charge < -0.3 is 9.67 Å². The monoisotopic (exact) mass is 244 g/mol. The molecule has 0 aliphatic rings. The van der Waals surface area contributed by atoms with Crippen LogP contribution in [0.4, 0.5) is 0 Å². The Morgan fingerprint density at radius 3 is 2.89 bits per heavy atom. The first-order valence-corrected chi connectivity index (χ1v) is 5.39. The molecule has 0 atom stereocenters. The van der Waals surface area contributed by atoms with Crippen LogP contribution in [0, 0.1) is 6.92 Å². The van der Waals surface area contributed by atoms with E-state index in [1.807, 2.05) is 6.92 Å². The molecule has 0 saturated carbocycles. The smallest absolute Gasteiger partial charge is 0.341 e. The Bertz CT molecular complexity index is 701. The third-order valence-electron chi connectivity index (χ3n) is 2.62. The summed E-state index contributed by atoms with van der Waals surface area (Å²) in [6.07, 6.45) is 2.93. The van der Waals surface area contributed by atoms with Crippen molar-refractivity contribution in [1.29, 1.82) is 0 Å². The van der Waals surface area contributed by atoms with E-state index in [1.165, 1.54) is 6.20 Å². The Morgan fingerprint density at radius 2 is 2.28 bits per heavy atom. The number of carboxylic acid groups (broad SMARTS) is 1. The summed E-state index contributed by atoms with van der Waals surface area (Å²) >= 11 is 0. The Labute approximate surface area is 103 Å². The van der Waals surface area contributed by atoms with Gasteiger partial charge in [-0.1, -0.05) is 6.08 Å². The third-order valence-corrected chi connectivity index (χ3v) is 2.62. The summed E-state index contributed by atoms with van der Waals surface area (Å²) in [5.74, 6) is -1.24. The molecule has 0 unspecified atom stereocenters. The van der Waals surface area contributed by atoms with Crippen LogP contribution in [0.1, 0.15) is 16.1 Å². The molecule has 0 saturated heterocycles. The molecule has 0 amide bonds. The summed E-state index contributed by atoms with van der Waals surface area (Å²) in [6.45, 7) is 5.82. The average Bonchev–Trinajstić information content (AvgIpc) is 2.32. The van der Waals surface area contributed by atoms with E-state index in [9.17, 15) is 9.59 Å². The van der Waals surface area contributed by atoms with Crippen molar-refractivity contribution in [3.63, 3.8) is 0 Å². The lowest BCUT2D eigenvalue weighted by Gasteiger charge is -2.09. The van der Waals surface area contributed by atoms with Gasteiger partial charge in [0, 0.05) is 18.4 Å². The molecule has 92 valence electrons. The summed E-state index contributed by atoms with van der Waals surface area (Å²) in [5, 5.41) is 9.32. The maximum absolute atomic E-state index is 12.0. The van der Waals surface area contributed by atoms with E-state index >= 15 is 0 Å². The lowest BCUT2D eigenvalue weighted by atomic mass is 10.2. The summed E-state index contributed by atoms with van der Waals surface area (Å²) in [7, 11) is 0. The molecule has 18 heavy (non-hydrogen) atoms. The average molecular weight is 244 g/mol. The highest BCUT2D eigenvalue weighted by molar-refractivity contribution is 5.91. The van der Waals surface area contributed by atoms with E-state index in [1.54, 1.807) is 22.8 Å². The van der Waals surface area contributed by atoms with Crippen LogP contribution in [0.5, 0.6) is 0 Å².